The summed E-state index contributed by atoms with van der Waals surface area (Å²) in [5, 5.41) is 32.4. The third-order valence-corrected chi connectivity index (χ3v) is 10.7. The van der Waals surface area contributed by atoms with Crippen molar-refractivity contribution in [1.29, 1.82) is 5.26 Å². The number of β-amino-alcohol motifs (C(OH)–C–C–N with tert-alkyl or cyclic N) is 1. The third kappa shape index (κ3) is 9.38. The van der Waals surface area contributed by atoms with Crippen molar-refractivity contribution < 1.29 is 29.3 Å². The number of hydrogen-bond acceptors (Lipinski definition) is 9. The van der Waals surface area contributed by atoms with Gasteiger partial charge in [-0.15, -0.1) is 0 Å². The van der Waals surface area contributed by atoms with Gasteiger partial charge in [0.2, 0.25) is 0 Å². The molecule has 282 valence electrons. The monoisotopic (exact) mass is 751 g/mol. The molecule has 0 unspecified atom stereocenters. The van der Waals surface area contributed by atoms with Gasteiger partial charge in [0.05, 0.1) is 16.7 Å². The molecule has 2 aliphatic heterocycles. The number of rotatable bonds is 14. The van der Waals surface area contributed by atoms with Crippen molar-refractivity contribution in [2.75, 3.05) is 32.7 Å². The van der Waals surface area contributed by atoms with Crippen LogP contribution in [0.1, 0.15) is 69.4 Å². The van der Waals surface area contributed by atoms with Gasteiger partial charge in [0.1, 0.15) is 36.8 Å². The molecule has 0 radical (unpaired) electrons. The number of nitrogens with one attached hydrogen (secondary N) is 1. The molecule has 2 fully saturated rings. The zero-order valence-corrected chi connectivity index (χ0v) is 31.4. The van der Waals surface area contributed by atoms with Gasteiger partial charge in [-0.3, -0.25) is 24.4 Å². The minimum Gasteiger partial charge on any atom is -0.488 e. The van der Waals surface area contributed by atoms with Crippen LogP contribution in [0.25, 0.3) is 11.1 Å². The standard InChI is InChI=1S/C42H46ClN5O6/c1-27-31(7-5-8-34(27)35-9-6-10-36(28(35)2)41(50)46-13-16-47-15-12-33(49)24-47)26-54-40-19-39(53-25-30-17-29(20-44)21-45-22-30)32(18-37(40)43)23-48-14-4-3-11-38(48)42(51)52/h5-10,17-19,21-22,33,38,49H,3-4,11-16,23-26H2,1-2H3,(H,46,50)(H,51,52)/t33-,38+/m1/s1. The van der Waals surface area contributed by atoms with Gasteiger partial charge in [-0.25, -0.2) is 0 Å². The molecule has 4 aromatic rings. The van der Waals surface area contributed by atoms with Gasteiger partial charge < -0.3 is 25.0 Å². The Morgan fingerprint density at radius 1 is 0.963 bits per heavy atom. The van der Waals surface area contributed by atoms with Crippen LogP contribution in [0.2, 0.25) is 5.02 Å². The molecule has 2 saturated heterocycles. The highest BCUT2D eigenvalue weighted by Crippen LogP contribution is 2.37. The number of carbonyl (C=O) groups excluding carboxylic acids is 1. The van der Waals surface area contributed by atoms with Crippen LogP contribution in [0.4, 0.5) is 0 Å². The number of nitriles is 1. The lowest BCUT2D eigenvalue weighted by Gasteiger charge is -2.33. The van der Waals surface area contributed by atoms with E-state index < -0.39 is 12.0 Å². The third-order valence-electron chi connectivity index (χ3n) is 10.4. The van der Waals surface area contributed by atoms with Gasteiger partial charge in [0, 0.05) is 67.9 Å². The predicted molar refractivity (Wildman–Crippen MR) is 206 cm³/mol. The molecule has 1 amide bonds. The highest BCUT2D eigenvalue weighted by atomic mass is 35.5. The van der Waals surface area contributed by atoms with Crippen molar-refractivity contribution in [2.45, 2.75) is 71.4 Å². The second-order valence-corrected chi connectivity index (χ2v) is 14.5. The Hall–Kier alpha value is -4.99. The normalized spacial score (nSPS) is 17.5. The van der Waals surface area contributed by atoms with Gasteiger partial charge in [0.25, 0.3) is 5.91 Å². The maximum Gasteiger partial charge on any atom is 0.320 e. The summed E-state index contributed by atoms with van der Waals surface area (Å²) in [7, 11) is 0. The van der Waals surface area contributed by atoms with E-state index in [2.05, 4.69) is 21.3 Å². The number of aliphatic hydroxyl groups excluding tert-OH is 1. The van der Waals surface area contributed by atoms with Gasteiger partial charge in [0.15, 0.2) is 0 Å². The average molecular weight is 752 g/mol. The van der Waals surface area contributed by atoms with Gasteiger partial charge in [-0.1, -0.05) is 48.4 Å². The first-order chi connectivity index (χ1) is 26.1. The molecule has 12 heteroatoms. The van der Waals surface area contributed by atoms with E-state index in [0.717, 1.165) is 59.2 Å². The molecule has 3 N–H and O–H groups in total. The Morgan fingerprint density at radius 2 is 1.74 bits per heavy atom. The fourth-order valence-electron chi connectivity index (χ4n) is 7.31. The number of likely N-dealkylation sites (tertiary alicyclic amines) is 2. The highest BCUT2D eigenvalue weighted by Gasteiger charge is 2.29. The molecular formula is C42H46ClN5O6. The molecule has 1 aromatic heterocycles. The van der Waals surface area contributed by atoms with Crippen molar-refractivity contribution in [1.82, 2.24) is 20.1 Å². The molecule has 2 aliphatic rings. The molecule has 11 nitrogen and oxygen atoms in total. The quantitative estimate of drug-likeness (QED) is 0.134. The topological polar surface area (TPSA) is 148 Å². The molecule has 6 rings (SSSR count). The largest absolute Gasteiger partial charge is 0.488 e. The Bertz CT molecular complexity index is 2030. The Kier molecular flexibility index (Phi) is 12.8. The summed E-state index contributed by atoms with van der Waals surface area (Å²) in [5.41, 5.74) is 7.25. The minimum atomic E-state index is -0.847. The van der Waals surface area contributed by atoms with Crippen molar-refractivity contribution in [2.24, 2.45) is 0 Å². The van der Waals surface area contributed by atoms with E-state index >= 15 is 0 Å². The van der Waals surface area contributed by atoms with E-state index in [1.54, 1.807) is 24.4 Å². The highest BCUT2D eigenvalue weighted by molar-refractivity contribution is 6.32. The second-order valence-electron chi connectivity index (χ2n) is 14.0. The van der Waals surface area contributed by atoms with Gasteiger partial charge in [-0.2, -0.15) is 5.26 Å². The summed E-state index contributed by atoms with van der Waals surface area (Å²) < 4.78 is 12.7. The van der Waals surface area contributed by atoms with Crippen molar-refractivity contribution in [3.05, 3.63) is 111 Å². The summed E-state index contributed by atoms with van der Waals surface area (Å²) in [5.74, 6) is -0.0628. The molecule has 0 saturated carbocycles. The summed E-state index contributed by atoms with van der Waals surface area (Å²) in [6, 6.07) is 18.5. The molecule has 3 heterocycles. The molecule has 2 atom stereocenters. The van der Waals surface area contributed by atoms with Crippen molar-refractivity contribution in [3.8, 4) is 28.7 Å². The number of benzene rings is 3. The number of carboxylic acids is 1. The summed E-state index contributed by atoms with van der Waals surface area (Å²) in [6.45, 7) is 8.00. The predicted octanol–water partition coefficient (Wildman–Crippen LogP) is 6.28. The number of nitrogens with zero attached hydrogens (tertiary/aromatic N) is 4. The number of amides is 1. The first kappa shape index (κ1) is 38.7. The lowest BCUT2D eigenvalue weighted by Crippen LogP contribution is -2.44. The SMILES string of the molecule is Cc1c(COc2cc(OCc3cncc(C#N)c3)c(CN3CCCC[C@H]3C(=O)O)cc2Cl)cccc1-c1cccc(C(=O)NCCN2CC[C@@H](O)C2)c1C. The number of hydrogen-bond donors (Lipinski definition) is 3. The van der Waals surface area contributed by atoms with Crippen LogP contribution < -0.4 is 14.8 Å². The summed E-state index contributed by atoms with van der Waals surface area (Å²) in [6.07, 6.45) is 5.95. The second kappa shape index (κ2) is 17.9. The lowest BCUT2D eigenvalue weighted by atomic mass is 9.91. The van der Waals surface area contributed by atoms with E-state index in [1.807, 2.05) is 55.1 Å². The molecule has 0 bridgehead atoms. The van der Waals surface area contributed by atoms with E-state index in [9.17, 15) is 25.1 Å². The number of aromatic nitrogens is 1. The first-order valence-electron chi connectivity index (χ1n) is 18.4. The number of carboxylic acid groups (broad SMARTS) is 1. The maximum absolute atomic E-state index is 13.2. The van der Waals surface area contributed by atoms with Crippen LogP contribution in [0.5, 0.6) is 11.5 Å². The number of ether oxygens (including phenoxy) is 2. The van der Waals surface area contributed by atoms with Gasteiger partial charge >= 0.3 is 5.97 Å². The average Bonchev–Trinajstić information content (AvgIpc) is 3.59. The zero-order chi connectivity index (χ0) is 38.2. The Labute approximate surface area is 321 Å². The van der Waals surface area contributed by atoms with Crippen molar-refractivity contribution in [3.63, 3.8) is 0 Å². The minimum absolute atomic E-state index is 0.129. The molecule has 3 aromatic carbocycles. The number of halogens is 1. The number of pyridine rings is 1. The lowest BCUT2D eigenvalue weighted by molar-refractivity contribution is -0.144. The van der Waals surface area contributed by atoms with E-state index in [0.29, 0.717) is 72.4 Å². The summed E-state index contributed by atoms with van der Waals surface area (Å²) in [4.78, 5) is 33.5. The first-order valence-corrected chi connectivity index (χ1v) is 18.7. The van der Waals surface area contributed by atoms with Gasteiger partial charge in [-0.05, 0) is 85.7 Å². The van der Waals surface area contributed by atoms with Crippen LogP contribution in [-0.4, -0.2) is 81.7 Å². The van der Waals surface area contributed by atoms with Crippen LogP contribution in [0.15, 0.2) is 67.0 Å². The van der Waals surface area contributed by atoms with Crippen LogP contribution in [-0.2, 0) is 24.6 Å². The van der Waals surface area contributed by atoms with Crippen LogP contribution >= 0.6 is 11.6 Å². The van der Waals surface area contributed by atoms with E-state index in [1.165, 1.54) is 6.20 Å². The van der Waals surface area contributed by atoms with E-state index in [-0.39, 0.29) is 25.2 Å². The Morgan fingerprint density at radius 3 is 2.50 bits per heavy atom. The molecule has 0 aliphatic carbocycles. The number of carbonyl (C=O) groups is 2. The number of aliphatic hydroxyl groups is 1. The smallest absolute Gasteiger partial charge is 0.320 e. The molecule has 0 spiro atoms. The van der Waals surface area contributed by atoms with Crippen LogP contribution in [0, 0.1) is 25.2 Å². The van der Waals surface area contributed by atoms with Crippen LogP contribution in [0.3, 0.4) is 0 Å². The fraction of sp³-hybridized carbons (Fsp3) is 0.381. The summed E-state index contributed by atoms with van der Waals surface area (Å²) >= 11 is 6.84. The Balaban J connectivity index is 1.20. The van der Waals surface area contributed by atoms with E-state index in [4.69, 9.17) is 21.1 Å². The van der Waals surface area contributed by atoms with Crippen molar-refractivity contribution >= 4 is 23.5 Å². The zero-order valence-electron chi connectivity index (χ0n) is 30.7. The number of piperidine rings is 1. The molecule has 54 heavy (non-hydrogen) atoms. The number of aliphatic carboxylic acids is 1. The molecular weight excluding hydrogens is 706 g/mol. The maximum atomic E-state index is 13.2. The fourth-order valence-corrected chi connectivity index (χ4v) is 7.55.